The minimum atomic E-state index is 0.209. The van der Waals surface area contributed by atoms with Crippen LogP contribution in [0.4, 0.5) is 0 Å². The Hall–Kier alpha value is -1.09. The van der Waals surface area contributed by atoms with Crippen molar-refractivity contribution in [2.45, 2.75) is 38.8 Å². The number of carbonyl (C=O) groups is 1. The van der Waals surface area contributed by atoms with E-state index in [0.29, 0.717) is 12.5 Å². The SMILES string of the molecule is CCC(=O)c1ccn(CC2CCCO2)c1. The first-order chi connectivity index (χ1) is 7.29. The van der Waals surface area contributed by atoms with Crippen molar-refractivity contribution in [3.8, 4) is 0 Å². The standard InChI is InChI=1S/C12H17NO2/c1-2-12(14)10-5-6-13(8-10)9-11-4-3-7-15-11/h5-6,8,11H,2-4,7,9H2,1H3. The largest absolute Gasteiger partial charge is 0.376 e. The van der Waals surface area contributed by atoms with Gasteiger partial charge in [0, 0.05) is 37.5 Å². The summed E-state index contributed by atoms with van der Waals surface area (Å²) in [5.41, 5.74) is 0.815. The lowest BCUT2D eigenvalue weighted by Crippen LogP contribution is -2.13. The van der Waals surface area contributed by atoms with Crippen molar-refractivity contribution >= 4 is 5.78 Å². The van der Waals surface area contributed by atoms with Crippen molar-refractivity contribution in [1.29, 1.82) is 0 Å². The average molecular weight is 207 g/mol. The highest BCUT2D eigenvalue weighted by molar-refractivity contribution is 5.95. The molecule has 1 aliphatic heterocycles. The molecule has 0 bridgehead atoms. The van der Waals surface area contributed by atoms with Crippen LogP contribution in [0.5, 0.6) is 0 Å². The predicted octanol–water partition coefficient (Wildman–Crippen LogP) is 2.26. The summed E-state index contributed by atoms with van der Waals surface area (Å²) < 4.78 is 7.60. The second-order valence-corrected chi connectivity index (χ2v) is 4.01. The molecule has 1 aliphatic rings. The first-order valence-electron chi connectivity index (χ1n) is 5.60. The third-order valence-electron chi connectivity index (χ3n) is 2.83. The number of nitrogens with zero attached hydrogens (tertiary/aromatic N) is 1. The molecule has 0 spiro atoms. The van der Waals surface area contributed by atoms with Crippen LogP contribution < -0.4 is 0 Å². The van der Waals surface area contributed by atoms with E-state index < -0.39 is 0 Å². The Bertz CT molecular complexity index is 337. The molecule has 0 N–H and O–H groups in total. The second-order valence-electron chi connectivity index (χ2n) is 4.01. The summed E-state index contributed by atoms with van der Waals surface area (Å²) >= 11 is 0. The summed E-state index contributed by atoms with van der Waals surface area (Å²) in [7, 11) is 0. The fraction of sp³-hybridized carbons (Fsp3) is 0.583. The van der Waals surface area contributed by atoms with Gasteiger partial charge >= 0.3 is 0 Å². The number of carbonyl (C=O) groups excluding carboxylic acids is 1. The number of rotatable bonds is 4. The molecule has 82 valence electrons. The Morgan fingerprint density at radius 3 is 3.20 bits per heavy atom. The third kappa shape index (κ3) is 2.48. The van der Waals surface area contributed by atoms with Crippen molar-refractivity contribution in [1.82, 2.24) is 4.57 Å². The quantitative estimate of drug-likeness (QED) is 0.709. The number of Topliss-reactive ketones (excluding diaryl/α,β-unsaturated/α-hetero) is 1. The van der Waals surface area contributed by atoms with E-state index >= 15 is 0 Å². The lowest BCUT2D eigenvalue weighted by Gasteiger charge is -2.09. The lowest BCUT2D eigenvalue weighted by molar-refractivity contribution is 0.0961. The smallest absolute Gasteiger partial charge is 0.164 e. The van der Waals surface area contributed by atoms with E-state index in [0.717, 1.165) is 31.6 Å². The summed E-state index contributed by atoms with van der Waals surface area (Å²) in [6, 6.07) is 1.89. The van der Waals surface area contributed by atoms with E-state index in [1.54, 1.807) is 0 Å². The van der Waals surface area contributed by atoms with Crippen LogP contribution in [0.3, 0.4) is 0 Å². The van der Waals surface area contributed by atoms with E-state index in [4.69, 9.17) is 4.74 Å². The molecule has 1 fully saturated rings. The van der Waals surface area contributed by atoms with E-state index in [1.807, 2.05) is 25.4 Å². The molecular weight excluding hydrogens is 190 g/mol. The van der Waals surface area contributed by atoms with Gasteiger partial charge in [-0.2, -0.15) is 0 Å². The van der Waals surface area contributed by atoms with Gasteiger partial charge in [-0.05, 0) is 18.9 Å². The molecular formula is C12H17NO2. The molecule has 15 heavy (non-hydrogen) atoms. The van der Waals surface area contributed by atoms with Crippen LogP contribution in [0.2, 0.25) is 0 Å². The van der Waals surface area contributed by atoms with E-state index in [9.17, 15) is 4.79 Å². The third-order valence-corrected chi connectivity index (χ3v) is 2.83. The van der Waals surface area contributed by atoms with Crippen molar-refractivity contribution in [3.63, 3.8) is 0 Å². The first kappa shape index (κ1) is 10.4. The van der Waals surface area contributed by atoms with Crippen molar-refractivity contribution in [2.24, 2.45) is 0 Å². The molecule has 1 aromatic rings. The van der Waals surface area contributed by atoms with Crippen molar-refractivity contribution in [3.05, 3.63) is 24.0 Å². The highest BCUT2D eigenvalue weighted by atomic mass is 16.5. The monoisotopic (exact) mass is 207 g/mol. The lowest BCUT2D eigenvalue weighted by atomic mass is 10.2. The highest BCUT2D eigenvalue weighted by Gasteiger charge is 2.16. The van der Waals surface area contributed by atoms with Gasteiger partial charge in [-0.25, -0.2) is 0 Å². The molecule has 0 saturated carbocycles. The second kappa shape index (κ2) is 4.62. The maximum atomic E-state index is 11.4. The molecule has 1 unspecified atom stereocenters. The molecule has 1 atom stereocenters. The highest BCUT2D eigenvalue weighted by Crippen LogP contribution is 2.15. The van der Waals surface area contributed by atoms with Crippen LogP contribution in [-0.4, -0.2) is 23.1 Å². The molecule has 3 nitrogen and oxygen atoms in total. The fourth-order valence-corrected chi connectivity index (χ4v) is 1.95. The number of hydrogen-bond donors (Lipinski definition) is 0. The van der Waals surface area contributed by atoms with Crippen molar-refractivity contribution < 1.29 is 9.53 Å². The topological polar surface area (TPSA) is 31.2 Å². The summed E-state index contributed by atoms with van der Waals surface area (Å²) in [6.07, 6.45) is 7.09. The van der Waals surface area contributed by atoms with Gasteiger partial charge in [0.25, 0.3) is 0 Å². The zero-order valence-corrected chi connectivity index (χ0v) is 9.11. The number of ether oxygens (including phenoxy) is 1. The molecule has 2 heterocycles. The van der Waals surface area contributed by atoms with Gasteiger partial charge in [0.2, 0.25) is 0 Å². The summed E-state index contributed by atoms with van der Waals surface area (Å²) in [5, 5.41) is 0. The Balaban J connectivity index is 1.97. The maximum absolute atomic E-state index is 11.4. The molecule has 1 saturated heterocycles. The van der Waals surface area contributed by atoms with Crippen LogP contribution in [0.15, 0.2) is 18.5 Å². The minimum Gasteiger partial charge on any atom is -0.376 e. The van der Waals surface area contributed by atoms with Crippen LogP contribution in [-0.2, 0) is 11.3 Å². The molecule has 3 heteroatoms. The Morgan fingerprint density at radius 2 is 2.53 bits per heavy atom. The molecule has 0 radical (unpaired) electrons. The van der Waals surface area contributed by atoms with E-state index in [-0.39, 0.29) is 5.78 Å². The Morgan fingerprint density at radius 1 is 1.67 bits per heavy atom. The van der Waals surface area contributed by atoms with Gasteiger partial charge in [0.1, 0.15) is 0 Å². The van der Waals surface area contributed by atoms with E-state index in [1.165, 1.54) is 0 Å². The molecule has 1 aromatic heterocycles. The van der Waals surface area contributed by atoms with Gasteiger partial charge in [-0.3, -0.25) is 4.79 Å². The van der Waals surface area contributed by atoms with Crippen molar-refractivity contribution in [2.75, 3.05) is 6.61 Å². The van der Waals surface area contributed by atoms with E-state index in [2.05, 4.69) is 4.57 Å². The van der Waals surface area contributed by atoms with Crippen LogP contribution >= 0.6 is 0 Å². The maximum Gasteiger partial charge on any atom is 0.164 e. The zero-order chi connectivity index (χ0) is 10.7. The zero-order valence-electron chi connectivity index (χ0n) is 9.11. The van der Waals surface area contributed by atoms with Gasteiger partial charge in [0.05, 0.1) is 6.10 Å². The Labute approximate surface area is 90.0 Å². The van der Waals surface area contributed by atoms with Crippen LogP contribution in [0, 0.1) is 0 Å². The average Bonchev–Trinajstić information content (AvgIpc) is 2.88. The van der Waals surface area contributed by atoms with Gasteiger partial charge < -0.3 is 9.30 Å². The van der Waals surface area contributed by atoms with Crippen LogP contribution in [0.25, 0.3) is 0 Å². The van der Waals surface area contributed by atoms with Crippen LogP contribution in [0.1, 0.15) is 36.5 Å². The normalized spacial score (nSPS) is 20.7. The summed E-state index contributed by atoms with van der Waals surface area (Å²) in [4.78, 5) is 11.4. The number of hydrogen-bond acceptors (Lipinski definition) is 2. The molecule has 0 aliphatic carbocycles. The first-order valence-corrected chi connectivity index (χ1v) is 5.60. The van der Waals surface area contributed by atoms with Gasteiger partial charge in [-0.15, -0.1) is 0 Å². The molecule has 2 rings (SSSR count). The summed E-state index contributed by atoms with van der Waals surface area (Å²) in [6.45, 7) is 3.64. The molecule has 0 aromatic carbocycles. The number of ketones is 1. The fourth-order valence-electron chi connectivity index (χ4n) is 1.95. The minimum absolute atomic E-state index is 0.209. The molecule has 0 amide bonds. The van der Waals surface area contributed by atoms with Gasteiger partial charge in [-0.1, -0.05) is 6.92 Å². The Kier molecular flexibility index (Phi) is 3.21. The summed E-state index contributed by atoms with van der Waals surface area (Å²) in [5.74, 6) is 0.209. The van der Waals surface area contributed by atoms with Gasteiger partial charge in [0.15, 0.2) is 5.78 Å². The number of aromatic nitrogens is 1. The predicted molar refractivity (Wildman–Crippen MR) is 58.0 cm³/mol.